The van der Waals surface area contributed by atoms with E-state index in [1.807, 2.05) is 31.2 Å². The van der Waals surface area contributed by atoms with Crippen LogP contribution in [-0.4, -0.2) is 16.4 Å². The third kappa shape index (κ3) is 3.93. The van der Waals surface area contributed by atoms with Crippen LogP contribution in [-0.2, 0) is 16.6 Å². The SMILES string of the molecule is Cc1cccc(C(=O)Nc2ccccc2C[S@](C)=O)c1Cl. The lowest BCUT2D eigenvalue weighted by molar-refractivity contribution is 0.102. The van der Waals surface area contributed by atoms with Crippen molar-refractivity contribution in [1.82, 2.24) is 0 Å². The molecule has 0 aliphatic heterocycles. The van der Waals surface area contributed by atoms with E-state index >= 15 is 0 Å². The Morgan fingerprint density at radius 2 is 1.90 bits per heavy atom. The molecule has 0 spiro atoms. The molecule has 5 heteroatoms. The minimum Gasteiger partial charge on any atom is -0.322 e. The molecule has 0 aliphatic rings. The molecule has 110 valence electrons. The Kier molecular flexibility index (Phi) is 5.15. The summed E-state index contributed by atoms with van der Waals surface area (Å²) in [6, 6.07) is 12.7. The first kappa shape index (κ1) is 15.7. The Morgan fingerprint density at radius 3 is 2.62 bits per heavy atom. The predicted molar refractivity (Wildman–Crippen MR) is 88.4 cm³/mol. The van der Waals surface area contributed by atoms with Gasteiger partial charge in [0.2, 0.25) is 0 Å². The number of benzene rings is 2. The van der Waals surface area contributed by atoms with E-state index in [-0.39, 0.29) is 5.91 Å². The van der Waals surface area contributed by atoms with E-state index in [2.05, 4.69) is 5.32 Å². The van der Waals surface area contributed by atoms with Gasteiger partial charge in [-0.25, -0.2) is 0 Å². The minimum atomic E-state index is -0.972. The summed E-state index contributed by atoms with van der Waals surface area (Å²) >= 11 is 6.17. The normalized spacial score (nSPS) is 12.0. The molecule has 3 nitrogen and oxygen atoms in total. The van der Waals surface area contributed by atoms with Crippen molar-refractivity contribution >= 4 is 34.0 Å². The van der Waals surface area contributed by atoms with Crippen LogP contribution in [0.1, 0.15) is 21.5 Å². The van der Waals surface area contributed by atoms with Gasteiger partial charge in [-0.15, -0.1) is 0 Å². The molecule has 0 heterocycles. The first-order valence-corrected chi connectivity index (χ1v) is 8.54. The summed E-state index contributed by atoms with van der Waals surface area (Å²) in [7, 11) is -0.972. The van der Waals surface area contributed by atoms with Crippen LogP contribution in [0.2, 0.25) is 5.02 Å². The fourth-order valence-electron chi connectivity index (χ4n) is 2.00. The zero-order chi connectivity index (χ0) is 15.4. The minimum absolute atomic E-state index is 0.266. The van der Waals surface area contributed by atoms with Gasteiger partial charge in [-0.05, 0) is 30.2 Å². The maximum atomic E-state index is 12.4. The molecule has 1 atom stereocenters. The molecule has 0 saturated carbocycles. The molecule has 0 aromatic heterocycles. The molecule has 0 saturated heterocycles. The van der Waals surface area contributed by atoms with E-state index in [4.69, 9.17) is 11.6 Å². The van der Waals surface area contributed by atoms with E-state index in [1.54, 1.807) is 24.5 Å². The molecular formula is C16H16ClNO2S. The van der Waals surface area contributed by atoms with Crippen LogP contribution in [0.3, 0.4) is 0 Å². The number of halogens is 1. The highest BCUT2D eigenvalue weighted by atomic mass is 35.5. The summed E-state index contributed by atoms with van der Waals surface area (Å²) in [5.74, 6) is 0.135. The van der Waals surface area contributed by atoms with Gasteiger partial charge < -0.3 is 5.32 Å². The number of rotatable bonds is 4. The zero-order valence-corrected chi connectivity index (χ0v) is 13.4. The number of carbonyl (C=O) groups excluding carboxylic acids is 1. The third-order valence-electron chi connectivity index (χ3n) is 3.06. The van der Waals surface area contributed by atoms with Gasteiger partial charge in [0.1, 0.15) is 0 Å². The maximum Gasteiger partial charge on any atom is 0.257 e. The molecule has 2 aromatic rings. The fraction of sp³-hybridized carbons (Fsp3) is 0.188. The van der Waals surface area contributed by atoms with Gasteiger partial charge in [0.05, 0.1) is 16.3 Å². The Hall–Kier alpha value is -1.65. The first-order chi connectivity index (χ1) is 9.99. The first-order valence-electron chi connectivity index (χ1n) is 6.43. The van der Waals surface area contributed by atoms with Gasteiger partial charge in [0, 0.05) is 22.7 Å². The van der Waals surface area contributed by atoms with E-state index in [0.717, 1.165) is 11.1 Å². The quantitative estimate of drug-likeness (QED) is 0.931. The van der Waals surface area contributed by atoms with Gasteiger partial charge in [-0.1, -0.05) is 41.9 Å². The number of amides is 1. The molecule has 0 unspecified atom stereocenters. The number of anilines is 1. The summed E-state index contributed by atoms with van der Waals surface area (Å²) in [5, 5.41) is 3.29. The van der Waals surface area contributed by atoms with Crippen molar-refractivity contribution in [3.63, 3.8) is 0 Å². The van der Waals surface area contributed by atoms with Gasteiger partial charge in [-0.2, -0.15) is 0 Å². The lowest BCUT2D eigenvalue weighted by atomic mass is 10.1. The van der Waals surface area contributed by atoms with Crippen LogP contribution < -0.4 is 5.32 Å². The second-order valence-corrected chi connectivity index (χ2v) is 6.58. The maximum absolute atomic E-state index is 12.4. The summed E-state index contributed by atoms with van der Waals surface area (Å²) in [6.07, 6.45) is 1.63. The lowest BCUT2D eigenvalue weighted by Crippen LogP contribution is -2.14. The van der Waals surface area contributed by atoms with Gasteiger partial charge in [-0.3, -0.25) is 9.00 Å². The van der Waals surface area contributed by atoms with Crippen LogP contribution >= 0.6 is 11.6 Å². The molecule has 2 aromatic carbocycles. The average Bonchev–Trinajstić information content (AvgIpc) is 2.43. The number of hydrogen-bond donors (Lipinski definition) is 1. The van der Waals surface area contributed by atoms with Crippen molar-refractivity contribution in [2.24, 2.45) is 0 Å². The smallest absolute Gasteiger partial charge is 0.257 e. The molecule has 1 N–H and O–H groups in total. The molecule has 2 rings (SSSR count). The third-order valence-corrected chi connectivity index (χ3v) is 4.28. The summed E-state index contributed by atoms with van der Waals surface area (Å²) in [5.41, 5.74) is 2.79. The molecule has 0 bridgehead atoms. The fourth-order valence-corrected chi connectivity index (χ4v) is 2.90. The molecule has 0 fully saturated rings. The van der Waals surface area contributed by atoms with Crippen molar-refractivity contribution in [2.75, 3.05) is 11.6 Å². The number of aryl methyl sites for hydroxylation is 1. The summed E-state index contributed by atoms with van der Waals surface area (Å²) in [6.45, 7) is 1.85. The molecule has 21 heavy (non-hydrogen) atoms. The number of carbonyl (C=O) groups is 1. The topological polar surface area (TPSA) is 46.2 Å². The highest BCUT2D eigenvalue weighted by molar-refractivity contribution is 7.83. The number of hydrogen-bond acceptors (Lipinski definition) is 2. The average molecular weight is 322 g/mol. The second-order valence-electron chi connectivity index (χ2n) is 4.77. The predicted octanol–water partition coefficient (Wildman–Crippen LogP) is 3.78. The lowest BCUT2D eigenvalue weighted by Gasteiger charge is -2.11. The molecule has 1 amide bonds. The van der Waals surface area contributed by atoms with E-state index < -0.39 is 10.8 Å². The highest BCUT2D eigenvalue weighted by Gasteiger charge is 2.13. The molecule has 0 aliphatic carbocycles. The van der Waals surface area contributed by atoms with Crippen LogP contribution in [0.4, 0.5) is 5.69 Å². The standard InChI is InChI=1S/C16H16ClNO2S/c1-11-6-5-8-13(15(11)17)16(19)18-14-9-4-3-7-12(14)10-21(2)20/h3-9H,10H2,1-2H3,(H,18,19)/t21-/m0/s1. The van der Waals surface area contributed by atoms with E-state index in [1.165, 1.54) is 0 Å². The molecular weight excluding hydrogens is 306 g/mol. The zero-order valence-electron chi connectivity index (χ0n) is 11.9. The summed E-state index contributed by atoms with van der Waals surface area (Å²) < 4.78 is 11.4. The van der Waals surface area contributed by atoms with Gasteiger partial charge in [0.15, 0.2) is 0 Å². The van der Waals surface area contributed by atoms with Crippen LogP contribution in [0.15, 0.2) is 42.5 Å². The van der Waals surface area contributed by atoms with E-state index in [0.29, 0.717) is 22.0 Å². The summed E-state index contributed by atoms with van der Waals surface area (Å²) in [4.78, 5) is 12.4. The van der Waals surface area contributed by atoms with Crippen molar-refractivity contribution in [2.45, 2.75) is 12.7 Å². The van der Waals surface area contributed by atoms with Crippen molar-refractivity contribution in [3.8, 4) is 0 Å². The largest absolute Gasteiger partial charge is 0.322 e. The van der Waals surface area contributed by atoms with Gasteiger partial charge >= 0.3 is 0 Å². The molecule has 0 radical (unpaired) electrons. The van der Waals surface area contributed by atoms with Crippen LogP contribution in [0, 0.1) is 6.92 Å². The Labute approximate surface area is 131 Å². The van der Waals surface area contributed by atoms with Gasteiger partial charge in [0.25, 0.3) is 5.91 Å². The monoisotopic (exact) mass is 321 g/mol. The number of para-hydroxylation sites is 1. The van der Waals surface area contributed by atoms with Crippen LogP contribution in [0.25, 0.3) is 0 Å². The number of nitrogens with one attached hydrogen (secondary N) is 1. The van der Waals surface area contributed by atoms with E-state index in [9.17, 15) is 9.00 Å². The highest BCUT2D eigenvalue weighted by Crippen LogP contribution is 2.23. The Bertz CT molecular complexity index is 700. The second kappa shape index (κ2) is 6.87. The Morgan fingerprint density at radius 1 is 1.19 bits per heavy atom. The van der Waals surface area contributed by atoms with Crippen LogP contribution in [0.5, 0.6) is 0 Å². The Balaban J connectivity index is 2.28. The van der Waals surface area contributed by atoms with Crippen molar-refractivity contribution < 1.29 is 9.00 Å². The van der Waals surface area contributed by atoms with Crippen molar-refractivity contribution in [3.05, 3.63) is 64.2 Å². The van der Waals surface area contributed by atoms with Crippen molar-refractivity contribution in [1.29, 1.82) is 0 Å².